The summed E-state index contributed by atoms with van der Waals surface area (Å²) in [4.78, 5) is 13.5. The number of rotatable bonds is 2. The summed E-state index contributed by atoms with van der Waals surface area (Å²) in [6, 6.07) is 8.30. The standard InChI is InChI=1S/C16H21N5/c1-11-13-9-5-6-10-14(13)20-16(18-11)21-15(17)19-12-7-3-2-4-8-12/h5-6,9-10,12H,2-4,7-8H2,1H3,(H3,17,18,19,20,21). The van der Waals surface area contributed by atoms with Gasteiger partial charge in [0.2, 0.25) is 5.95 Å². The van der Waals surface area contributed by atoms with Crippen LogP contribution in [0.5, 0.6) is 0 Å². The van der Waals surface area contributed by atoms with Crippen molar-refractivity contribution < 1.29 is 0 Å². The number of aliphatic imine (C=N–C) groups is 1. The van der Waals surface area contributed by atoms with Crippen molar-refractivity contribution in [1.29, 1.82) is 0 Å². The molecule has 2 aromatic rings. The molecule has 1 saturated carbocycles. The average Bonchev–Trinajstić information content (AvgIpc) is 2.48. The first-order valence-electron chi connectivity index (χ1n) is 7.56. The molecule has 3 N–H and O–H groups in total. The van der Waals surface area contributed by atoms with E-state index in [2.05, 4.69) is 20.3 Å². The Morgan fingerprint density at radius 1 is 1.19 bits per heavy atom. The molecule has 0 bridgehead atoms. The fraction of sp³-hybridized carbons (Fsp3) is 0.438. The summed E-state index contributed by atoms with van der Waals surface area (Å²) in [7, 11) is 0. The van der Waals surface area contributed by atoms with Crippen LogP contribution < -0.4 is 11.1 Å². The molecule has 1 aliphatic carbocycles. The highest BCUT2D eigenvalue weighted by Gasteiger charge is 2.13. The summed E-state index contributed by atoms with van der Waals surface area (Å²) in [6.45, 7) is 1.98. The third kappa shape index (κ3) is 3.29. The van der Waals surface area contributed by atoms with Gasteiger partial charge in [-0.3, -0.25) is 5.32 Å². The Bertz CT molecular complexity index is 659. The zero-order valence-electron chi connectivity index (χ0n) is 12.3. The zero-order chi connectivity index (χ0) is 14.7. The minimum absolute atomic E-state index is 0.341. The molecule has 3 rings (SSSR count). The molecule has 1 aromatic carbocycles. The van der Waals surface area contributed by atoms with E-state index in [0.717, 1.165) is 29.4 Å². The van der Waals surface area contributed by atoms with Crippen LogP contribution in [-0.2, 0) is 0 Å². The summed E-state index contributed by atoms with van der Waals surface area (Å²) < 4.78 is 0. The van der Waals surface area contributed by atoms with Crippen molar-refractivity contribution in [3.63, 3.8) is 0 Å². The number of nitrogens with two attached hydrogens (primary N) is 1. The van der Waals surface area contributed by atoms with E-state index < -0.39 is 0 Å². The molecule has 0 aliphatic heterocycles. The van der Waals surface area contributed by atoms with Gasteiger partial charge in [0.15, 0.2) is 5.96 Å². The molecule has 0 atom stereocenters. The predicted molar refractivity (Wildman–Crippen MR) is 86.4 cm³/mol. The number of para-hydroxylation sites is 1. The number of nitrogens with one attached hydrogen (secondary N) is 1. The normalized spacial score (nSPS) is 17.1. The highest BCUT2D eigenvalue weighted by Crippen LogP contribution is 2.20. The first-order chi connectivity index (χ1) is 10.2. The van der Waals surface area contributed by atoms with E-state index in [0.29, 0.717) is 17.9 Å². The number of aryl methyl sites for hydroxylation is 1. The van der Waals surface area contributed by atoms with Crippen molar-refractivity contribution in [2.24, 2.45) is 10.7 Å². The summed E-state index contributed by atoms with van der Waals surface area (Å²) in [5, 5.41) is 4.09. The maximum Gasteiger partial charge on any atom is 0.230 e. The number of nitrogens with zero attached hydrogens (tertiary/aromatic N) is 3. The van der Waals surface area contributed by atoms with Gasteiger partial charge in [-0.2, -0.15) is 0 Å². The Hall–Kier alpha value is -2.17. The molecular weight excluding hydrogens is 262 g/mol. The van der Waals surface area contributed by atoms with E-state index in [1.807, 2.05) is 31.2 Å². The van der Waals surface area contributed by atoms with Gasteiger partial charge < -0.3 is 5.73 Å². The number of fused-ring (bicyclic) bond motifs is 1. The molecule has 0 unspecified atom stereocenters. The SMILES string of the molecule is Cc1nc(NC(N)=NC2CCCCC2)nc2ccccc12. The molecule has 0 amide bonds. The molecule has 5 nitrogen and oxygen atoms in total. The Kier molecular flexibility index (Phi) is 3.99. The topological polar surface area (TPSA) is 76.2 Å². The Balaban J connectivity index is 1.79. The van der Waals surface area contributed by atoms with Gasteiger partial charge in [0, 0.05) is 5.39 Å². The second kappa shape index (κ2) is 6.08. The molecule has 110 valence electrons. The van der Waals surface area contributed by atoms with E-state index in [1.54, 1.807) is 0 Å². The highest BCUT2D eigenvalue weighted by molar-refractivity contribution is 5.92. The highest BCUT2D eigenvalue weighted by atomic mass is 15.2. The van der Waals surface area contributed by atoms with Crippen LogP contribution in [0.3, 0.4) is 0 Å². The molecule has 0 spiro atoms. The van der Waals surface area contributed by atoms with Crippen molar-refractivity contribution in [2.45, 2.75) is 45.1 Å². The lowest BCUT2D eigenvalue weighted by molar-refractivity contribution is 0.443. The van der Waals surface area contributed by atoms with Crippen LogP contribution in [0, 0.1) is 6.92 Å². The van der Waals surface area contributed by atoms with Crippen LogP contribution in [0.15, 0.2) is 29.3 Å². The van der Waals surface area contributed by atoms with Crippen molar-refractivity contribution in [3.05, 3.63) is 30.0 Å². The van der Waals surface area contributed by atoms with Crippen LogP contribution in [0.4, 0.5) is 5.95 Å². The maximum absolute atomic E-state index is 5.99. The predicted octanol–water partition coefficient (Wildman–Crippen LogP) is 3.00. The number of benzene rings is 1. The number of aromatic nitrogens is 2. The second-order valence-corrected chi connectivity index (χ2v) is 5.58. The second-order valence-electron chi connectivity index (χ2n) is 5.58. The van der Waals surface area contributed by atoms with Crippen LogP contribution in [0.2, 0.25) is 0 Å². The molecular formula is C16H21N5. The van der Waals surface area contributed by atoms with Gasteiger partial charge in [-0.15, -0.1) is 0 Å². The monoisotopic (exact) mass is 283 g/mol. The quantitative estimate of drug-likeness (QED) is 0.656. The van der Waals surface area contributed by atoms with E-state index in [9.17, 15) is 0 Å². The minimum Gasteiger partial charge on any atom is -0.370 e. The van der Waals surface area contributed by atoms with Gasteiger partial charge in [-0.25, -0.2) is 15.0 Å². The third-order valence-electron chi connectivity index (χ3n) is 3.93. The van der Waals surface area contributed by atoms with E-state index >= 15 is 0 Å². The summed E-state index contributed by atoms with van der Waals surface area (Å²) in [5.74, 6) is 0.930. The lowest BCUT2D eigenvalue weighted by atomic mass is 9.96. The van der Waals surface area contributed by atoms with Gasteiger partial charge in [-0.05, 0) is 25.8 Å². The van der Waals surface area contributed by atoms with E-state index in [1.165, 1.54) is 19.3 Å². The van der Waals surface area contributed by atoms with Gasteiger partial charge in [0.05, 0.1) is 17.3 Å². The van der Waals surface area contributed by atoms with Gasteiger partial charge >= 0.3 is 0 Å². The number of guanidine groups is 1. The van der Waals surface area contributed by atoms with Crippen LogP contribution >= 0.6 is 0 Å². The zero-order valence-corrected chi connectivity index (χ0v) is 12.3. The number of hydrogen-bond donors (Lipinski definition) is 2. The van der Waals surface area contributed by atoms with Gasteiger partial charge in [-0.1, -0.05) is 37.5 Å². The van der Waals surface area contributed by atoms with E-state index in [4.69, 9.17) is 5.73 Å². The summed E-state index contributed by atoms with van der Waals surface area (Å²) >= 11 is 0. The number of hydrogen-bond acceptors (Lipinski definition) is 3. The summed E-state index contributed by atoms with van der Waals surface area (Å²) in [6.07, 6.45) is 6.05. The third-order valence-corrected chi connectivity index (χ3v) is 3.93. The van der Waals surface area contributed by atoms with Gasteiger partial charge in [0.25, 0.3) is 0 Å². The molecule has 1 fully saturated rings. The lowest BCUT2D eigenvalue weighted by Gasteiger charge is -2.18. The molecule has 21 heavy (non-hydrogen) atoms. The van der Waals surface area contributed by atoms with E-state index in [-0.39, 0.29) is 0 Å². The number of anilines is 1. The maximum atomic E-state index is 5.99. The minimum atomic E-state index is 0.341. The molecule has 5 heteroatoms. The fourth-order valence-corrected chi connectivity index (χ4v) is 2.84. The molecule has 1 aromatic heterocycles. The molecule has 1 aliphatic rings. The van der Waals surface area contributed by atoms with Gasteiger partial charge in [0.1, 0.15) is 0 Å². The van der Waals surface area contributed by atoms with Crippen molar-refractivity contribution in [1.82, 2.24) is 9.97 Å². The van der Waals surface area contributed by atoms with Crippen LogP contribution in [0.1, 0.15) is 37.8 Å². The van der Waals surface area contributed by atoms with Crippen molar-refractivity contribution >= 4 is 22.8 Å². The van der Waals surface area contributed by atoms with Crippen LogP contribution in [0.25, 0.3) is 10.9 Å². The Morgan fingerprint density at radius 2 is 1.95 bits per heavy atom. The Labute approximate surface area is 124 Å². The molecule has 0 radical (unpaired) electrons. The average molecular weight is 283 g/mol. The fourth-order valence-electron chi connectivity index (χ4n) is 2.84. The molecule has 0 saturated heterocycles. The smallest absolute Gasteiger partial charge is 0.230 e. The molecule has 1 heterocycles. The first kappa shape index (κ1) is 13.8. The lowest BCUT2D eigenvalue weighted by Crippen LogP contribution is -2.27. The van der Waals surface area contributed by atoms with Crippen LogP contribution in [-0.4, -0.2) is 22.0 Å². The van der Waals surface area contributed by atoms with Crippen molar-refractivity contribution in [3.8, 4) is 0 Å². The Morgan fingerprint density at radius 3 is 2.76 bits per heavy atom. The summed E-state index contributed by atoms with van der Waals surface area (Å²) in [5.41, 5.74) is 7.84. The largest absolute Gasteiger partial charge is 0.370 e. The van der Waals surface area contributed by atoms with Crippen molar-refractivity contribution in [2.75, 3.05) is 5.32 Å². The first-order valence-corrected chi connectivity index (χ1v) is 7.56.